The van der Waals surface area contributed by atoms with Gasteiger partial charge in [0, 0.05) is 43.5 Å². The molecule has 0 spiro atoms. The van der Waals surface area contributed by atoms with Gasteiger partial charge in [-0.15, -0.1) is 0 Å². The molecule has 1 aliphatic rings. The van der Waals surface area contributed by atoms with Gasteiger partial charge in [-0.3, -0.25) is 9.25 Å². The molecule has 3 aromatic heterocycles. The lowest BCUT2D eigenvalue weighted by Crippen LogP contribution is -2.64. The van der Waals surface area contributed by atoms with Crippen LogP contribution in [0.2, 0.25) is 0 Å². The number of nitriles is 1. The van der Waals surface area contributed by atoms with Crippen LogP contribution in [0.1, 0.15) is 13.3 Å². The van der Waals surface area contributed by atoms with Gasteiger partial charge in [0.15, 0.2) is 5.65 Å². The first-order chi connectivity index (χ1) is 14.3. The summed E-state index contributed by atoms with van der Waals surface area (Å²) >= 11 is 0. The molecule has 3 aromatic rings. The maximum atomic E-state index is 12.1. The fraction of sp³-hybridized carbons (Fsp3) is 0.389. The third-order valence-corrected chi connectivity index (χ3v) is 7.14. The van der Waals surface area contributed by atoms with Crippen LogP contribution in [-0.2, 0) is 15.6 Å². The van der Waals surface area contributed by atoms with Crippen molar-refractivity contribution in [1.29, 1.82) is 5.26 Å². The second-order valence-corrected chi connectivity index (χ2v) is 9.36. The standard InChI is InChI=1S/C18H20N8O3S/c1-3-30(28,29)24-10-18(11-24,5-6-19)26-9-13(8-23-26)15-14-4-7-25(17(27)20-2)16(14)22-12-21-15/h4,7-9,12H,3,5,10-11H2,1-2H3,(H,20,27). The Morgan fingerprint density at radius 3 is 2.80 bits per heavy atom. The monoisotopic (exact) mass is 428 g/mol. The van der Waals surface area contributed by atoms with Crippen molar-refractivity contribution in [2.24, 2.45) is 0 Å². The molecule has 0 atom stereocenters. The smallest absolute Gasteiger partial charge is 0.326 e. The van der Waals surface area contributed by atoms with Crippen LogP contribution < -0.4 is 5.32 Å². The van der Waals surface area contributed by atoms with Crippen LogP contribution in [0.3, 0.4) is 0 Å². The van der Waals surface area contributed by atoms with Crippen molar-refractivity contribution in [3.8, 4) is 17.3 Å². The summed E-state index contributed by atoms with van der Waals surface area (Å²) in [4.78, 5) is 20.6. The summed E-state index contributed by atoms with van der Waals surface area (Å²) in [6.45, 7) is 1.99. The van der Waals surface area contributed by atoms with Gasteiger partial charge in [0.2, 0.25) is 10.0 Å². The Bertz CT molecular complexity index is 1260. The average molecular weight is 428 g/mol. The Labute approximate surface area is 173 Å². The van der Waals surface area contributed by atoms with Crippen LogP contribution in [0.5, 0.6) is 0 Å². The summed E-state index contributed by atoms with van der Waals surface area (Å²) < 4.78 is 28.7. The molecular weight excluding hydrogens is 408 g/mol. The van der Waals surface area contributed by atoms with Crippen LogP contribution in [-0.4, -0.2) is 69.0 Å². The summed E-state index contributed by atoms with van der Waals surface area (Å²) in [6.07, 6.45) is 6.50. The molecular formula is C18H20N8O3S. The number of amides is 1. The molecule has 0 aliphatic carbocycles. The molecule has 4 heterocycles. The van der Waals surface area contributed by atoms with E-state index in [1.165, 1.54) is 22.2 Å². The molecule has 1 N–H and O–H groups in total. The second kappa shape index (κ2) is 7.19. The highest BCUT2D eigenvalue weighted by molar-refractivity contribution is 7.89. The molecule has 0 aromatic carbocycles. The van der Waals surface area contributed by atoms with E-state index in [4.69, 9.17) is 0 Å². The minimum Gasteiger partial charge on any atom is -0.340 e. The molecule has 1 amide bonds. The molecule has 0 bridgehead atoms. The molecule has 0 radical (unpaired) electrons. The van der Waals surface area contributed by atoms with Crippen molar-refractivity contribution in [3.63, 3.8) is 0 Å². The largest absolute Gasteiger partial charge is 0.340 e. The van der Waals surface area contributed by atoms with Crippen LogP contribution in [0.15, 0.2) is 31.0 Å². The topological polar surface area (TPSA) is 139 Å². The van der Waals surface area contributed by atoms with Crippen LogP contribution >= 0.6 is 0 Å². The number of carbonyl (C=O) groups excluding carboxylic acids is 1. The van der Waals surface area contributed by atoms with Gasteiger partial charge in [-0.1, -0.05) is 0 Å². The molecule has 0 unspecified atom stereocenters. The van der Waals surface area contributed by atoms with Gasteiger partial charge < -0.3 is 5.32 Å². The number of fused-ring (bicyclic) bond motifs is 1. The second-order valence-electron chi connectivity index (χ2n) is 7.10. The van der Waals surface area contributed by atoms with Gasteiger partial charge in [0.25, 0.3) is 0 Å². The van der Waals surface area contributed by atoms with Crippen LogP contribution in [0.4, 0.5) is 4.79 Å². The summed E-state index contributed by atoms with van der Waals surface area (Å²) in [6, 6.07) is 3.58. The lowest BCUT2D eigenvalue weighted by molar-refractivity contribution is 0.0719. The van der Waals surface area contributed by atoms with Crippen LogP contribution in [0, 0.1) is 11.3 Å². The van der Waals surface area contributed by atoms with E-state index in [0.29, 0.717) is 22.3 Å². The first-order valence-corrected chi connectivity index (χ1v) is 10.9. The van der Waals surface area contributed by atoms with Crippen molar-refractivity contribution in [1.82, 2.24) is 33.9 Å². The highest BCUT2D eigenvalue weighted by atomic mass is 32.2. The van der Waals surface area contributed by atoms with E-state index < -0.39 is 15.6 Å². The van der Waals surface area contributed by atoms with E-state index in [2.05, 4.69) is 26.5 Å². The zero-order chi connectivity index (χ0) is 21.5. The Hall–Kier alpha value is -3.30. The van der Waals surface area contributed by atoms with Gasteiger partial charge >= 0.3 is 6.03 Å². The van der Waals surface area contributed by atoms with Gasteiger partial charge in [0.05, 0.1) is 30.1 Å². The van der Waals surface area contributed by atoms with Crippen molar-refractivity contribution < 1.29 is 13.2 Å². The predicted octanol–water partition coefficient (Wildman–Crippen LogP) is 0.757. The number of sulfonamides is 1. The maximum absolute atomic E-state index is 12.1. The molecule has 4 rings (SSSR count). The first-order valence-electron chi connectivity index (χ1n) is 9.29. The SMILES string of the molecule is CCS(=O)(=O)N1CC(CC#N)(n2cc(-c3ncnc4c3ccn4C(=O)NC)cn2)C1. The van der Waals surface area contributed by atoms with Crippen molar-refractivity contribution in [3.05, 3.63) is 31.0 Å². The van der Waals surface area contributed by atoms with Crippen molar-refractivity contribution in [2.75, 3.05) is 25.9 Å². The lowest BCUT2D eigenvalue weighted by atomic mass is 9.89. The van der Waals surface area contributed by atoms with E-state index in [1.54, 1.807) is 36.3 Å². The minimum absolute atomic E-state index is 0.0151. The normalized spacial score (nSPS) is 16.2. The van der Waals surface area contributed by atoms with E-state index in [0.717, 1.165) is 0 Å². The Kier molecular flexibility index (Phi) is 4.79. The fourth-order valence-electron chi connectivity index (χ4n) is 3.64. The Balaban J connectivity index is 1.70. The summed E-state index contributed by atoms with van der Waals surface area (Å²) in [7, 11) is -1.78. The van der Waals surface area contributed by atoms with Crippen molar-refractivity contribution in [2.45, 2.75) is 18.9 Å². The zero-order valence-corrected chi connectivity index (χ0v) is 17.3. The van der Waals surface area contributed by atoms with E-state index in [9.17, 15) is 18.5 Å². The number of nitrogens with zero attached hydrogens (tertiary/aromatic N) is 7. The molecule has 1 saturated heterocycles. The number of hydrogen-bond acceptors (Lipinski definition) is 7. The van der Waals surface area contributed by atoms with E-state index in [-0.39, 0.29) is 31.3 Å². The lowest BCUT2D eigenvalue weighted by Gasteiger charge is -2.47. The third kappa shape index (κ3) is 3.03. The third-order valence-electron chi connectivity index (χ3n) is 5.36. The maximum Gasteiger partial charge on any atom is 0.326 e. The average Bonchev–Trinajstić information content (AvgIpc) is 3.37. The van der Waals surface area contributed by atoms with Gasteiger partial charge in [-0.2, -0.15) is 14.7 Å². The summed E-state index contributed by atoms with van der Waals surface area (Å²) in [5, 5.41) is 16.9. The number of rotatable bonds is 5. The molecule has 11 nitrogen and oxygen atoms in total. The number of nitrogens with one attached hydrogen (secondary N) is 1. The molecule has 12 heteroatoms. The van der Waals surface area contributed by atoms with E-state index >= 15 is 0 Å². The fourth-order valence-corrected chi connectivity index (χ4v) is 4.88. The Morgan fingerprint density at radius 2 is 2.13 bits per heavy atom. The number of carbonyl (C=O) groups is 1. The van der Waals surface area contributed by atoms with Crippen LogP contribution in [0.25, 0.3) is 22.3 Å². The molecule has 30 heavy (non-hydrogen) atoms. The molecule has 0 saturated carbocycles. The molecule has 1 fully saturated rings. The van der Waals surface area contributed by atoms with Gasteiger partial charge in [-0.05, 0) is 13.0 Å². The Morgan fingerprint density at radius 1 is 1.37 bits per heavy atom. The molecule has 1 aliphatic heterocycles. The summed E-state index contributed by atoms with van der Waals surface area (Å²) in [5.74, 6) is 0.0151. The minimum atomic E-state index is -3.32. The highest BCUT2D eigenvalue weighted by Gasteiger charge is 2.49. The molecule has 156 valence electrons. The van der Waals surface area contributed by atoms with Crippen molar-refractivity contribution >= 4 is 27.1 Å². The number of hydrogen-bond donors (Lipinski definition) is 1. The summed E-state index contributed by atoms with van der Waals surface area (Å²) in [5.41, 5.74) is 1.03. The predicted molar refractivity (Wildman–Crippen MR) is 108 cm³/mol. The highest BCUT2D eigenvalue weighted by Crippen LogP contribution is 2.36. The zero-order valence-electron chi connectivity index (χ0n) is 16.5. The quantitative estimate of drug-likeness (QED) is 0.633. The van der Waals surface area contributed by atoms with Gasteiger partial charge in [-0.25, -0.2) is 23.2 Å². The van der Waals surface area contributed by atoms with Gasteiger partial charge in [0.1, 0.15) is 11.9 Å². The van der Waals surface area contributed by atoms with E-state index in [1.807, 2.05) is 0 Å². The number of aromatic nitrogens is 5. The first kappa shape index (κ1) is 20.0.